The Labute approximate surface area is 190 Å². The van der Waals surface area contributed by atoms with E-state index in [1.807, 2.05) is 52.3 Å². The van der Waals surface area contributed by atoms with Crippen molar-refractivity contribution in [3.8, 4) is 5.75 Å². The number of rotatable bonds is 6. The van der Waals surface area contributed by atoms with Crippen molar-refractivity contribution in [1.82, 2.24) is 9.80 Å². The van der Waals surface area contributed by atoms with Gasteiger partial charge in [0.25, 0.3) is 5.91 Å². The van der Waals surface area contributed by atoms with Crippen LogP contribution in [0.3, 0.4) is 0 Å². The molecule has 0 aromatic heterocycles. The molecule has 6 nitrogen and oxygen atoms in total. The minimum Gasteiger partial charge on any atom is -0.493 e. The molecular formula is C26H32N2O4. The molecule has 2 heterocycles. The second-order valence-corrected chi connectivity index (χ2v) is 8.69. The molecule has 2 amide bonds. The molecule has 0 bridgehead atoms. The molecule has 2 fully saturated rings. The minimum atomic E-state index is 0.0370. The van der Waals surface area contributed by atoms with E-state index < -0.39 is 0 Å². The SMILES string of the molecule is Cc1ccccc1CC(=O)N1CCCC(COc2ccc(C(=O)N3CCOCC3)cc2)C1. The van der Waals surface area contributed by atoms with Gasteiger partial charge in [-0.15, -0.1) is 0 Å². The van der Waals surface area contributed by atoms with E-state index in [1.165, 1.54) is 0 Å². The predicted octanol–water partition coefficient (Wildman–Crippen LogP) is 3.33. The van der Waals surface area contributed by atoms with Gasteiger partial charge in [0.1, 0.15) is 5.75 Å². The fraction of sp³-hybridized carbons (Fsp3) is 0.462. The number of carbonyl (C=O) groups excluding carboxylic acids is 2. The van der Waals surface area contributed by atoms with E-state index in [-0.39, 0.29) is 11.8 Å². The highest BCUT2D eigenvalue weighted by molar-refractivity contribution is 5.94. The van der Waals surface area contributed by atoms with Gasteiger partial charge in [-0.25, -0.2) is 0 Å². The summed E-state index contributed by atoms with van der Waals surface area (Å²) in [5.74, 6) is 1.30. The quantitative estimate of drug-likeness (QED) is 0.697. The third-order valence-electron chi connectivity index (χ3n) is 6.36. The van der Waals surface area contributed by atoms with Crippen molar-refractivity contribution in [3.63, 3.8) is 0 Å². The van der Waals surface area contributed by atoms with Crippen molar-refractivity contribution >= 4 is 11.8 Å². The summed E-state index contributed by atoms with van der Waals surface area (Å²) in [6.07, 6.45) is 2.52. The molecule has 2 aromatic rings. The zero-order valence-electron chi connectivity index (χ0n) is 18.8. The van der Waals surface area contributed by atoms with Crippen molar-refractivity contribution in [3.05, 3.63) is 65.2 Å². The van der Waals surface area contributed by atoms with Crippen molar-refractivity contribution in [2.75, 3.05) is 46.0 Å². The van der Waals surface area contributed by atoms with Crippen LogP contribution in [-0.2, 0) is 16.0 Å². The maximum atomic E-state index is 12.8. The number of benzene rings is 2. The number of amides is 2. The van der Waals surface area contributed by atoms with Crippen LogP contribution in [0, 0.1) is 12.8 Å². The number of carbonyl (C=O) groups is 2. The highest BCUT2D eigenvalue weighted by Crippen LogP contribution is 2.21. The highest BCUT2D eigenvalue weighted by atomic mass is 16.5. The largest absolute Gasteiger partial charge is 0.493 e. The number of nitrogens with zero attached hydrogens (tertiary/aromatic N) is 2. The Bertz CT molecular complexity index is 922. The van der Waals surface area contributed by atoms with Gasteiger partial charge >= 0.3 is 0 Å². The van der Waals surface area contributed by atoms with Gasteiger partial charge in [0, 0.05) is 37.7 Å². The number of aryl methyl sites for hydroxylation is 1. The summed E-state index contributed by atoms with van der Waals surface area (Å²) in [6, 6.07) is 15.4. The third kappa shape index (κ3) is 5.68. The van der Waals surface area contributed by atoms with Gasteiger partial charge in [-0.05, 0) is 55.2 Å². The molecule has 1 unspecified atom stereocenters. The maximum Gasteiger partial charge on any atom is 0.254 e. The Hall–Kier alpha value is -2.86. The van der Waals surface area contributed by atoms with E-state index in [0.717, 1.165) is 42.8 Å². The summed E-state index contributed by atoms with van der Waals surface area (Å²) in [7, 11) is 0. The number of morpholine rings is 1. The zero-order valence-corrected chi connectivity index (χ0v) is 18.8. The summed E-state index contributed by atoms with van der Waals surface area (Å²) in [4.78, 5) is 29.2. The number of likely N-dealkylation sites (tertiary alicyclic amines) is 1. The maximum absolute atomic E-state index is 12.8. The Morgan fingerprint density at radius 3 is 2.50 bits per heavy atom. The summed E-state index contributed by atoms with van der Waals surface area (Å²) in [6.45, 7) is 6.64. The molecule has 2 aromatic carbocycles. The first-order chi connectivity index (χ1) is 15.6. The predicted molar refractivity (Wildman–Crippen MR) is 123 cm³/mol. The van der Waals surface area contributed by atoms with Crippen LogP contribution < -0.4 is 4.74 Å². The second kappa shape index (κ2) is 10.6. The molecule has 2 aliphatic rings. The lowest BCUT2D eigenvalue weighted by Gasteiger charge is -2.33. The van der Waals surface area contributed by atoms with Gasteiger partial charge in [0.2, 0.25) is 5.91 Å². The molecule has 32 heavy (non-hydrogen) atoms. The molecule has 0 saturated carbocycles. The van der Waals surface area contributed by atoms with Crippen LogP contribution in [0.2, 0.25) is 0 Å². The van der Waals surface area contributed by atoms with Crippen LogP contribution in [0.25, 0.3) is 0 Å². The molecule has 6 heteroatoms. The molecule has 0 spiro atoms. The molecule has 0 radical (unpaired) electrons. The third-order valence-corrected chi connectivity index (χ3v) is 6.36. The van der Waals surface area contributed by atoms with E-state index in [2.05, 4.69) is 13.0 Å². The van der Waals surface area contributed by atoms with Gasteiger partial charge in [0.15, 0.2) is 0 Å². The molecule has 1 atom stereocenters. The fourth-order valence-electron chi connectivity index (χ4n) is 4.37. The average Bonchev–Trinajstić information content (AvgIpc) is 2.85. The number of piperidine rings is 1. The smallest absolute Gasteiger partial charge is 0.254 e. The first-order valence-electron chi connectivity index (χ1n) is 11.5. The second-order valence-electron chi connectivity index (χ2n) is 8.69. The molecule has 2 saturated heterocycles. The van der Waals surface area contributed by atoms with Gasteiger partial charge < -0.3 is 19.3 Å². The van der Waals surface area contributed by atoms with Crippen molar-refractivity contribution in [1.29, 1.82) is 0 Å². The standard InChI is InChI=1S/C26H32N2O4/c1-20-5-2-3-7-23(20)17-25(29)28-12-4-6-21(18-28)19-32-24-10-8-22(9-11-24)26(30)27-13-15-31-16-14-27/h2-3,5,7-11,21H,4,6,12-19H2,1H3. The van der Waals surface area contributed by atoms with E-state index in [0.29, 0.717) is 50.8 Å². The lowest BCUT2D eigenvalue weighted by molar-refractivity contribution is -0.132. The summed E-state index contributed by atoms with van der Waals surface area (Å²) in [5, 5.41) is 0. The van der Waals surface area contributed by atoms with Crippen LogP contribution in [0.4, 0.5) is 0 Å². The lowest BCUT2D eigenvalue weighted by Crippen LogP contribution is -2.42. The van der Waals surface area contributed by atoms with E-state index in [9.17, 15) is 9.59 Å². The Morgan fingerprint density at radius 2 is 1.75 bits per heavy atom. The van der Waals surface area contributed by atoms with Crippen molar-refractivity contribution in [2.24, 2.45) is 5.92 Å². The van der Waals surface area contributed by atoms with Gasteiger partial charge in [-0.1, -0.05) is 24.3 Å². The Kier molecular flexibility index (Phi) is 7.43. The Morgan fingerprint density at radius 1 is 1.00 bits per heavy atom. The number of ether oxygens (including phenoxy) is 2. The summed E-state index contributed by atoms with van der Waals surface area (Å²) >= 11 is 0. The van der Waals surface area contributed by atoms with Crippen molar-refractivity contribution in [2.45, 2.75) is 26.2 Å². The lowest BCUT2D eigenvalue weighted by atomic mass is 9.97. The molecule has 0 aliphatic carbocycles. The first kappa shape index (κ1) is 22.3. The molecule has 2 aliphatic heterocycles. The van der Waals surface area contributed by atoms with Crippen LogP contribution in [0.5, 0.6) is 5.75 Å². The number of hydrogen-bond donors (Lipinski definition) is 0. The number of hydrogen-bond acceptors (Lipinski definition) is 4. The first-order valence-corrected chi connectivity index (χ1v) is 11.5. The summed E-state index contributed by atoms with van der Waals surface area (Å²) in [5.41, 5.74) is 2.93. The van der Waals surface area contributed by atoms with E-state index >= 15 is 0 Å². The Balaban J connectivity index is 1.26. The van der Waals surface area contributed by atoms with E-state index in [1.54, 1.807) is 0 Å². The monoisotopic (exact) mass is 436 g/mol. The topological polar surface area (TPSA) is 59.1 Å². The van der Waals surface area contributed by atoms with Crippen LogP contribution in [0.1, 0.15) is 34.3 Å². The molecule has 0 N–H and O–H groups in total. The molecular weight excluding hydrogens is 404 g/mol. The normalized spacial score (nSPS) is 19.0. The van der Waals surface area contributed by atoms with Crippen LogP contribution in [-0.4, -0.2) is 67.6 Å². The highest BCUT2D eigenvalue weighted by Gasteiger charge is 2.24. The van der Waals surface area contributed by atoms with Crippen LogP contribution in [0.15, 0.2) is 48.5 Å². The van der Waals surface area contributed by atoms with Gasteiger partial charge in [0.05, 0.1) is 26.2 Å². The van der Waals surface area contributed by atoms with Crippen molar-refractivity contribution < 1.29 is 19.1 Å². The zero-order chi connectivity index (χ0) is 22.3. The fourth-order valence-corrected chi connectivity index (χ4v) is 4.37. The van der Waals surface area contributed by atoms with Crippen LogP contribution >= 0.6 is 0 Å². The van der Waals surface area contributed by atoms with Gasteiger partial charge in [-0.3, -0.25) is 9.59 Å². The molecule has 4 rings (SSSR count). The molecule has 170 valence electrons. The minimum absolute atomic E-state index is 0.0370. The average molecular weight is 437 g/mol. The summed E-state index contributed by atoms with van der Waals surface area (Å²) < 4.78 is 11.3. The van der Waals surface area contributed by atoms with E-state index in [4.69, 9.17) is 9.47 Å². The van der Waals surface area contributed by atoms with Gasteiger partial charge in [-0.2, -0.15) is 0 Å².